The van der Waals surface area contributed by atoms with Crippen molar-refractivity contribution in [2.45, 2.75) is 44.1 Å². The molecule has 27 heavy (non-hydrogen) atoms. The highest BCUT2D eigenvalue weighted by molar-refractivity contribution is 14.0. The minimum absolute atomic E-state index is 0. The van der Waals surface area contributed by atoms with Gasteiger partial charge in [0.05, 0.1) is 6.54 Å². The minimum Gasteiger partial charge on any atom is -0.349 e. The first-order chi connectivity index (χ1) is 12.7. The van der Waals surface area contributed by atoms with Crippen molar-refractivity contribution in [1.29, 1.82) is 0 Å². The van der Waals surface area contributed by atoms with Crippen LogP contribution in [0.5, 0.6) is 0 Å². The Morgan fingerprint density at radius 3 is 2.85 bits per heavy atom. The van der Waals surface area contributed by atoms with E-state index in [0.717, 1.165) is 24.9 Å². The predicted molar refractivity (Wildman–Crippen MR) is 118 cm³/mol. The van der Waals surface area contributed by atoms with E-state index in [0.29, 0.717) is 6.54 Å². The van der Waals surface area contributed by atoms with Gasteiger partial charge in [-0.2, -0.15) is 0 Å². The van der Waals surface area contributed by atoms with Crippen LogP contribution in [-0.4, -0.2) is 45.8 Å². The van der Waals surface area contributed by atoms with Crippen molar-refractivity contribution in [3.05, 3.63) is 47.5 Å². The molecule has 1 saturated heterocycles. The predicted octanol–water partition coefficient (Wildman–Crippen LogP) is 2.88. The standard InChI is InChI=1S/C20H28N6.HI/c1-21-19(22-13-18-24-23-15-25(18)2)26-12-6-11-20(14-26)10-5-8-16-7-3-4-9-17(16)20;/h3-4,7,9,15H,5-6,8,10-14H2,1-2H3,(H,21,22);1H. The number of halogens is 1. The van der Waals surface area contributed by atoms with Crippen molar-refractivity contribution in [1.82, 2.24) is 25.0 Å². The number of nitrogens with one attached hydrogen (secondary N) is 1. The van der Waals surface area contributed by atoms with Crippen LogP contribution in [0.2, 0.25) is 0 Å². The molecule has 4 rings (SSSR count). The Morgan fingerprint density at radius 2 is 2.07 bits per heavy atom. The van der Waals surface area contributed by atoms with Gasteiger partial charge in [0, 0.05) is 32.6 Å². The summed E-state index contributed by atoms with van der Waals surface area (Å²) < 4.78 is 1.94. The van der Waals surface area contributed by atoms with Crippen molar-refractivity contribution in [2.24, 2.45) is 12.0 Å². The van der Waals surface area contributed by atoms with Gasteiger partial charge in [0.1, 0.15) is 6.33 Å². The second-order valence-electron chi connectivity index (χ2n) is 7.57. The first kappa shape index (κ1) is 20.1. The number of fused-ring (bicyclic) bond motifs is 2. The lowest BCUT2D eigenvalue weighted by Gasteiger charge is -2.47. The van der Waals surface area contributed by atoms with Gasteiger partial charge in [-0.05, 0) is 43.2 Å². The van der Waals surface area contributed by atoms with Gasteiger partial charge >= 0.3 is 0 Å². The number of aromatic nitrogens is 3. The fourth-order valence-electron chi connectivity index (χ4n) is 4.70. The quantitative estimate of drug-likeness (QED) is 0.408. The maximum Gasteiger partial charge on any atom is 0.194 e. The van der Waals surface area contributed by atoms with Crippen LogP contribution in [0, 0.1) is 0 Å². The number of piperidine rings is 1. The van der Waals surface area contributed by atoms with Crippen molar-refractivity contribution in [2.75, 3.05) is 20.1 Å². The summed E-state index contributed by atoms with van der Waals surface area (Å²) >= 11 is 0. The summed E-state index contributed by atoms with van der Waals surface area (Å²) in [5.41, 5.74) is 3.39. The van der Waals surface area contributed by atoms with Gasteiger partial charge in [-0.3, -0.25) is 4.99 Å². The zero-order valence-corrected chi connectivity index (χ0v) is 18.5. The Bertz CT molecular complexity index is 801. The molecule has 1 aliphatic heterocycles. The van der Waals surface area contributed by atoms with Gasteiger partial charge in [0.15, 0.2) is 11.8 Å². The molecule has 1 aliphatic carbocycles. The van der Waals surface area contributed by atoms with Crippen LogP contribution in [0.4, 0.5) is 0 Å². The highest BCUT2D eigenvalue weighted by Gasteiger charge is 2.40. The molecule has 2 heterocycles. The van der Waals surface area contributed by atoms with E-state index in [2.05, 4.69) is 49.7 Å². The summed E-state index contributed by atoms with van der Waals surface area (Å²) in [6.07, 6.45) is 8.00. The van der Waals surface area contributed by atoms with Gasteiger partial charge in [0.25, 0.3) is 0 Å². The van der Waals surface area contributed by atoms with Gasteiger partial charge in [-0.1, -0.05) is 24.3 Å². The van der Waals surface area contributed by atoms with E-state index in [1.807, 2.05) is 18.7 Å². The molecule has 1 aromatic heterocycles. The number of rotatable bonds is 2. The molecular weight excluding hydrogens is 451 g/mol. The van der Waals surface area contributed by atoms with Crippen LogP contribution in [0.25, 0.3) is 0 Å². The van der Waals surface area contributed by atoms with E-state index in [4.69, 9.17) is 0 Å². The highest BCUT2D eigenvalue weighted by atomic mass is 127. The third kappa shape index (κ3) is 3.97. The average molecular weight is 480 g/mol. The summed E-state index contributed by atoms with van der Waals surface area (Å²) in [5, 5.41) is 11.6. The maximum absolute atomic E-state index is 4.55. The second kappa shape index (κ2) is 8.58. The normalized spacial score (nSPS) is 22.3. The number of hydrogen-bond acceptors (Lipinski definition) is 3. The van der Waals surface area contributed by atoms with Gasteiger partial charge in [-0.25, -0.2) is 0 Å². The lowest BCUT2D eigenvalue weighted by Crippen LogP contribution is -2.53. The monoisotopic (exact) mass is 480 g/mol. The SMILES string of the molecule is CN=C(NCc1nncn1C)N1CCCC2(CCCc3ccccc32)C1.I. The third-order valence-corrected chi connectivity index (χ3v) is 5.99. The van der Waals surface area contributed by atoms with Crippen LogP contribution >= 0.6 is 24.0 Å². The van der Waals surface area contributed by atoms with E-state index in [1.165, 1.54) is 32.1 Å². The van der Waals surface area contributed by atoms with E-state index in [-0.39, 0.29) is 29.4 Å². The topological polar surface area (TPSA) is 58.3 Å². The Hall–Kier alpha value is -1.64. The highest BCUT2D eigenvalue weighted by Crippen LogP contribution is 2.43. The molecule has 1 spiro atoms. The first-order valence-electron chi connectivity index (χ1n) is 9.59. The lowest BCUT2D eigenvalue weighted by atomic mass is 9.66. The van der Waals surface area contributed by atoms with E-state index in [9.17, 15) is 0 Å². The number of aliphatic imine (C=N–C) groups is 1. The molecule has 0 bridgehead atoms. The number of guanidine groups is 1. The van der Waals surface area contributed by atoms with Crippen molar-refractivity contribution >= 4 is 29.9 Å². The fourth-order valence-corrected chi connectivity index (χ4v) is 4.70. The summed E-state index contributed by atoms with van der Waals surface area (Å²) in [6.45, 7) is 2.74. The van der Waals surface area contributed by atoms with Gasteiger partial charge in [-0.15, -0.1) is 34.2 Å². The van der Waals surface area contributed by atoms with Crippen molar-refractivity contribution in [3.8, 4) is 0 Å². The van der Waals surface area contributed by atoms with E-state index < -0.39 is 0 Å². The zero-order chi connectivity index (χ0) is 18.0. The molecule has 0 amide bonds. The summed E-state index contributed by atoms with van der Waals surface area (Å²) in [4.78, 5) is 6.98. The van der Waals surface area contributed by atoms with Crippen molar-refractivity contribution < 1.29 is 0 Å². The summed E-state index contributed by atoms with van der Waals surface area (Å²) in [7, 11) is 3.84. The van der Waals surface area contributed by atoms with Gasteiger partial charge in [0.2, 0.25) is 0 Å². The van der Waals surface area contributed by atoms with Crippen LogP contribution in [0.1, 0.15) is 42.6 Å². The minimum atomic E-state index is 0. The molecule has 1 fully saturated rings. The second-order valence-corrected chi connectivity index (χ2v) is 7.57. The molecule has 2 aliphatic rings. The Labute approximate surface area is 178 Å². The molecule has 1 N–H and O–H groups in total. The molecule has 1 unspecified atom stereocenters. The van der Waals surface area contributed by atoms with Gasteiger partial charge < -0.3 is 14.8 Å². The Kier molecular flexibility index (Phi) is 6.39. The Morgan fingerprint density at radius 1 is 1.26 bits per heavy atom. The molecule has 1 atom stereocenters. The first-order valence-corrected chi connectivity index (χ1v) is 9.59. The molecular formula is C20H29IN6. The van der Waals surface area contributed by atoms with Crippen LogP contribution in [0.15, 0.2) is 35.6 Å². The molecule has 2 aromatic rings. The third-order valence-electron chi connectivity index (χ3n) is 5.99. The summed E-state index contributed by atoms with van der Waals surface area (Å²) in [5.74, 6) is 1.89. The number of nitrogens with zero attached hydrogens (tertiary/aromatic N) is 5. The molecule has 7 heteroatoms. The number of aryl methyl sites for hydroxylation is 2. The fraction of sp³-hybridized carbons (Fsp3) is 0.550. The molecule has 0 saturated carbocycles. The molecule has 6 nitrogen and oxygen atoms in total. The Balaban J connectivity index is 0.00000210. The van der Waals surface area contributed by atoms with Crippen LogP contribution < -0.4 is 5.32 Å². The largest absolute Gasteiger partial charge is 0.349 e. The molecule has 1 aromatic carbocycles. The maximum atomic E-state index is 4.55. The van der Waals surface area contributed by atoms with Crippen LogP contribution in [-0.2, 0) is 25.4 Å². The van der Waals surface area contributed by atoms with Crippen molar-refractivity contribution in [3.63, 3.8) is 0 Å². The zero-order valence-electron chi connectivity index (χ0n) is 16.2. The van der Waals surface area contributed by atoms with E-state index in [1.54, 1.807) is 17.5 Å². The lowest BCUT2D eigenvalue weighted by molar-refractivity contribution is 0.188. The van der Waals surface area contributed by atoms with Crippen LogP contribution in [0.3, 0.4) is 0 Å². The number of benzene rings is 1. The van der Waals surface area contributed by atoms with E-state index >= 15 is 0 Å². The molecule has 146 valence electrons. The molecule has 0 radical (unpaired) electrons. The smallest absolute Gasteiger partial charge is 0.194 e. The average Bonchev–Trinajstić information content (AvgIpc) is 3.08. The number of likely N-dealkylation sites (tertiary alicyclic amines) is 1. The summed E-state index contributed by atoms with van der Waals surface area (Å²) in [6, 6.07) is 9.05. The number of hydrogen-bond donors (Lipinski definition) is 1.